The van der Waals surface area contributed by atoms with Gasteiger partial charge in [0.05, 0.1) is 24.4 Å². The van der Waals surface area contributed by atoms with Gasteiger partial charge >= 0.3 is 0 Å². The van der Waals surface area contributed by atoms with Crippen molar-refractivity contribution in [3.8, 4) is 11.4 Å². The molecule has 164 valence electrons. The molecule has 1 atom stereocenters. The average molecular weight is 454 g/mol. The number of carbonyl (C=O) groups excluding carboxylic acids is 1. The molecule has 1 aliphatic rings. The molecule has 0 N–H and O–H groups in total. The van der Waals surface area contributed by atoms with Gasteiger partial charge in [0, 0.05) is 12.6 Å². The van der Waals surface area contributed by atoms with Crippen LogP contribution in [0.4, 0.5) is 0 Å². The summed E-state index contributed by atoms with van der Waals surface area (Å²) < 4.78 is 30.8. The standard InChI is InChI=1S/C19H27N5O4S2/c1-13(2)10-23(15-7-8-30(26,27)12-15)18(25)11-29-19-20-21-22-24(19)16-9-14(3)5-6-17(16)28-4/h5-6,9,13,15H,7-8,10-12H2,1-4H3. The van der Waals surface area contributed by atoms with Crippen molar-refractivity contribution in [3.63, 3.8) is 0 Å². The quantitative estimate of drug-likeness (QED) is 0.556. The van der Waals surface area contributed by atoms with Gasteiger partial charge in [0.15, 0.2) is 9.84 Å². The first kappa shape index (κ1) is 22.5. The second-order valence-corrected chi connectivity index (χ2v) is 11.0. The van der Waals surface area contributed by atoms with E-state index in [0.29, 0.717) is 29.6 Å². The fraction of sp³-hybridized carbons (Fsp3) is 0.579. The first-order chi connectivity index (χ1) is 14.2. The molecule has 0 saturated carbocycles. The summed E-state index contributed by atoms with van der Waals surface area (Å²) in [4.78, 5) is 14.7. The summed E-state index contributed by atoms with van der Waals surface area (Å²) >= 11 is 1.23. The van der Waals surface area contributed by atoms with E-state index in [1.54, 1.807) is 16.7 Å². The van der Waals surface area contributed by atoms with Gasteiger partial charge in [0.2, 0.25) is 11.1 Å². The van der Waals surface area contributed by atoms with Crippen molar-refractivity contribution in [2.75, 3.05) is 30.9 Å². The third-order valence-electron chi connectivity index (χ3n) is 4.86. The van der Waals surface area contributed by atoms with Crippen LogP contribution in [0.3, 0.4) is 0 Å². The molecule has 1 aromatic carbocycles. The fourth-order valence-electron chi connectivity index (χ4n) is 3.46. The lowest BCUT2D eigenvalue weighted by atomic mass is 10.1. The maximum atomic E-state index is 13.0. The summed E-state index contributed by atoms with van der Waals surface area (Å²) in [5.41, 5.74) is 1.72. The molecule has 1 fully saturated rings. The molecule has 1 unspecified atom stereocenters. The smallest absolute Gasteiger partial charge is 0.233 e. The molecule has 0 aliphatic carbocycles. The van der Waals surface area contributed by atoms with Gasteiger partial charge in [-0.3, -0.25) is 4.79 Å². The van der Waals surface area contributed by atoms with Crippen molar-refractivity contribution in [1.82, 2.24) is 25.1 Å². The normalized spacial score (nSPS) is 18.0. The van der Waals surface area contributed by atoms with E-state index in [0.717, 1.165) is 5.56 Å². The summed E-state index contributed by atoms with van der Waals surface area (Å²) in [5.74, 6) is 1.05. The number of thioether (sulfide) groups is 1. The Bertz CT molecular complexity index is 1010. The molecule has 1 aliphatic heterocycles. The molecule has 0 bridgehead atoms. The van der Waals surface area contributed by atoms with E-state index >= 15 is 0 Å². The number of rotatable bonds is 8. The fourth-order valence-corrected chi connectivity index (χ4v) is 5.96. The van der Waals surface area contributed by atoms with Crippen LogP contribution in [0.25, 0.3) is 5.69 Å². The van der Waals surface area contributed by atoms with E-state index in [1.807, 2.05) is 39.0 Å². The maximum Gasteiger partial charge on any atom is 0.233 e. The SMILES string of the molecule is COc1ccc(C)cc1-n1nnnc1SCC(=O)N(CC(C)C)C1CCS(=O)(=O)C1. The number of tetrazole rings is 1. The molecule has 2 aromatic rings. The minimum atomic E-state index is -3.07. The summed E-state index contributed by atoms with van der Waals surface area (Å²) in [5, 5.41) is 12.3. The van der Waals surface area contributed by atoms with E-state index in [-0.39, 0.29) is 35.1 Å². The van der Waals surface area contributed by atoms with Gasteiger partial charge < -0.3 is 9.64 Å². The molecular formula is C19H27N5O4S2. The van der Waals surface area contributed by atoms with Crippen LogP contribution >= 0.6 is 11.8 Å². The van der Waals surface area contributed by atoms with Gasteiger partial charge in [-0.1, -0.05) is 31.7 Å². The second-order valence-electron chi connectivity index (χ2n) is 7.83. The zero-order chi connectivity index (χ0) is 21.9. The Morgan fingerprint density at radius 3 is 2.80 bits per heavy atom. The van der Waals surface area contributed by atoms with Crippen LogP contribution in [-0.4, -0.2) is 76.4 Å². The van der Waals surface area contributed by atoms with Gasteiger partial charge in [0.1, 0.15) is 11.4 Å². The highest BCUT2D eigenvalue weighted by molar-refractivity contribution is 7.99. The Labute approximate surface area is 181 Å². The zero-order valence-electron chi connectivity index (χ0n) is 17.6. The predicted octanol–water partition coefficient (Wildman–Crippen LogP) is 1.74. The monoisotopic (exact) mass is 453 g/mol. The third-order valence-corrected chi connectivity index (χ3v) is 7.51. The van der Waals surface area contributed by atoms with Crippen LogP contribution in [0.1, 0.15) is 25.8 Å². The minimum Gasteiger partial charge on any atom is -0.494 e. The molecule has 2 heterocycles. The maximum absolute atomic E-state index is 13.0. The van der Waals surface area contributed by atoms with Crippen molar-refractivity contribution in [2.45, 2.75) is 38.4 Å². The zero-order valence-corrected chi connectivity index (χ0v) is 19.2. The number of aromatic nitrogens is 4. The summed E-state index contributed by atoms with van der Waals surface area (Å²) in [7, 11) is -1.50. The first-order valence-corrected chi connectivity index (χ1v) is 12.6. The van der Waals surface area contributed by atoms with Crippen molar-refractivity contribution in [2.24, 2.45) is 5.92 Å². The minimum absolute atomic E-state index is 0.0361. The van der Waals surface area contributed by atoms with Crippen LogP contribution in [0.15, 0.2) is 23.4 Å². The van der Waals surface area contributed by atoms with Gasteiger partial charge in [-0.15, -0.1) is 5.10 Å². The van der Waals surface area contributed by atoms with Gasteiger partial charge in [-0.2, -0.15) is 4.68 Å². The van der Waals surface area contributed by atoms with Crippen LogP contribution in [0, 0.1) is 12.8 Å². The molecule has 0 radical (unpaired) electrons. The lowest BCUT2D eigenvalue weighted by Gasteiger charge is -2.29. The van der Waals surface area contributed by atoms with E-state index in [1.165, 1.54) is 11.8 Å². The van der Waals surface area contributed by atoms with E-state index in [9.17, 15) is 13.2 Å². The highest BCUT2D eigenvalue weighted by atomic mass is 32.2. The van der Waals surface area contributed by atoms with Crippen LogP contribution in [-0.2, 0) is 14.6 Å². The predicted molar refractivity (Wildman–Crippen MR) is 115 cm³/mol. The third kappa shape index (κ3) is 5.31. The number of amides is 1. The summed E-state index contributed by atoms with van der Waals surface area (Å²) in [6.45, 7) is 6.52. The molecule has 3 rings (SSSR count). The largest absolute Gasteiger partial charge is 0.494 e. The molecule has 1 aromatic heterocycles. The Morgan fingerprint density at radius 1 is 1.40 bits per heavy atom. The number of aryl methyl sites for hydroxylation is 1. The number of hydrogen-bond donors (Lipinski definition) is 0. The molecule has 9 nitrogen and oxygen atoms in total. The number of sulfone groups is 1. The number of benzene rings is 1. The molecule has 1 amide bonds. The molecule has 1 saturated heterocycles. The number of ether oxygens (including phenoxy) is 1. The van der Waals surface area contributed by atoms with Gasteiger partial charge in [0.25, 0.3) is 0 Å². The number of carbonyl (C=O) groups is 1. The number of hydrogen-bond acceptors (Lipinski definition) is 8. The van der Waals surface area contributed by atoms with Crippen LogP contribution in [0.5, 0.6) is 5.75 Å². The second kappa shape index (κ2) is 9.34. The Balaban J connectivity index is 1.76. The molecular weight excluding hydrogens is 426 g/mol. The van der Waals surface area contributed by atoms with Crippen molar-refractivity contribution in [1.29, 1.82) is 0 Å². The molecule has 11 heteroatoms. The number of nitrogens with zero attached hydrogens (tertiary/aromatic N) is 5. The van der Waals surface area contributed by atoms with Crippen LogP contribution < -0.4 is 4.74 Å². The van der Waals surface area contributed by atoms with E-state index in [2.05, 4.69) is 15.5 Å². The van der Waals surface area contributed by atoms with Gasteiger partial charge in [-0.25, -0.2) is 8.42 Å². The lowest BCUT2D eigenvalue weighted by molar-refractivity contribution is -0.130. The van der Waals surface area contributed by atoms with Crippen molar-refractivity contribution >= 4 is 27.5 Å². The topological polar surface area (TPSA) is 107 Å². The van der Waals surface area contributed by atoms with E-state index in [4.69, 9.17) is 4.74 Å². The highest BCUT2D eigenvalue weighted by Crippen LogP contribution is 2.27. The Morgan fingerprint density at radius 2 is 2.17 bits per heavy atom. The lowest BCUT2D eigenvalue weighted by Crippen LogP contribution is -2.44. The highest BCUT2D eigenvalue weighted by Gasteiger charge is 2.35. The Kier molecular flexibility index (Phi) is 7.02. The number of methoxy groups -OCH3 is 1. The summed E-state index contributed by atoms with van der Waals surface area (Å²) in [6, 6.07) is 5.42. The van der Waals surface area contributed by atoms with Crippen molar-refractivity contribution < 1.29 is 17.9 Å². The first-order valence-electron chi connectivity index (χ1n) is 9.76. The van der Waals surface area contributed by atoms with Gasteiger partial charge in [-0.05, 0) is 47.4 Å². The summed E-state index contributed by atoms with van der Waals surface area (Å²) in [6.07, 6.45) is 0.490. The molecule has 0 spiro atoms. The van der Waals surface area contributed by atoms with E-state index < -0.39 is 9.84 Å². The molecule has 30 heavy (non-hydrogen) atoms. The average Bonchev–Trinajstić information content (AvgIpc) is 3.29. The van der Waals surface area contributed by atoms with Crippen molar-refractivity contribution in [3.05, 3.63) is 23.8 Å². The Hall–Kier alpha value is -2.14. The van der Waals surface area contributed by atoms with Crippen LogP contribution in [0.2, 0.25) is 0 Å².